The van der Waals surface area contributed by atoms with E-state index in [2.05, 4.69) is 10.2 Å². The highest BCUT2D eigenvalue weighted by Gasteiger charge is 2.30. The predicted octanol–water partition coefficient (Wildman–Crippen LogP) is 4.84. The lowest BCUT2D eigenvalue weighted by molar-refractivity contribution is -0.136. The summed E-state index contributed by atoms with van der Waals surface area (Å²) in [5.41, 5.74) is 1.79. The normalized spacial score (nSPS) is 18.1. The number of hydrogen-bond acceptors (Lipinski definition) is 3. The molecule has 1 saturated heterocycles. The van der Waals surface area contributed by atoms with Crippen molar-refractivity contribution < 1.29 is 14.0 Å². The van der Waals surface area contributed by atoms with Crippen LogP contribution in [0.25, 0.3) is 0 Å². The van der Waals surface area contributed by atoms with Gasteiger partial charge in [-0.05, 0) is 68.6 Å². The Balaban J connectivity index is 1.32. The Morgan fingerprint density at radius 1 is 0.909 bits per heavy atom. The molecule has 2 aliphatic rings. The minimum Gasteiger partial charge on any atom is -0.334 e. The molecule has 0 unspecified atom stereocenters. The summed E-state index contributed by atoms with van der Waals surface area (Å²) in [4.78, 5) is 30.2. The van der Waals surface area contributed by atoms with Crippen LogP contribution in [-0.2, 0) is 16.1 Å². The van der Waals surface area contributed by atoms with Crippen LogP contribution in [0.4, 0.5) is 10.1 Å². The molecule has 6 heteroatoms. The van der Waals surface area contributed by atoms with Crippen molar-refractivity contribution in [2.75, 3.05) is 25.0 Å². The van der Waals surface area contributed by atoms with Crippen molar-refractivity contribution in [1.29, 1.82) is 0 Å². The molecule has 2 fully saturated rings. The van der Waals surface area contributed by atoms with Gasteiger partial charge in [-0.3, -0.25) is 14.5 Å². The summed E-state index contributed by atoms with van der Waals surface area (Å²) in [6, 6.07) is 16.3. The first-order valence-corrected chi connectivity index (χ1v) is 12.2. The van der Waals surface area contributed by atoms with E-state index < -0.39 is 0 Å². The van der Waals surface area contributed by atoms with Crippen molar-refractivity contribution in [2.45, 2.75) is 57.5 Å². The minimum atomic E-state index is -0.256. The zero-order valence-electron chi connectivity index (χ0n) is 19.2. The summed E-state index contributed by atoms with van der Waals surface area (Å²) in [5, 5.41) is 3.00. The third-order valence-corrected chi connectivity index (χ3v) is 6.96. The smallest absolute Gasteiger partial charge is 0.237 e. The molecule has 0 bridgehead atoms. The molecule has 0 spiro atoms. The molecule has 176 valence electrons. The fourth-order valence-corrected chi connectivity index (χ4v) is 5.00. The Morgan fingerprint density at radius 2 is 1.58 bits per heavy atom. The summed E-state index contributed by atoms with van der Waals surface area (Å²) in [6.45, 7) is 2.39. The molecule has 0 radical (unpaired) electrons. The largest absolute Gasteiger partial charge is 0.334 e. The zero-order valence-corrected chi connectivity index (χ0v) is 19.2. The number of hydrogen-bond donors (Lipinski definition) is 1. The second-order valence-electron chi connectivity index (χ2n) is 9.35. The monoisotopic (exact) mass is 451 g/mol. The number of piperidine rings is 1. The first kappa shape index (κ1) is 23.4. The molecule has 0 aromatic heterocycles. The van der Waals surface area contributed by atoms with Gasteiger partial charge in [0.1, 0.15) is 5.82 Å². The van der Waals surface area contributed by atoms with E-state index in [-0.39, 0.29) is 29.6 Å². The van der Waals surface area contributed by atoms with Gasteiger partial charge in [0.15, 0.2) is 0 Å². The predicted molar refractivity (Wildman–Crippen MR) is 128 cm³/mol. The number of benzene rings is 2. The maximum absolute atomic E-state index is 13.4. The van der Waals surface area contributed by atoms with Gasteiger partial charge in [-0.15, -0.1) is 0 Å². The Labute approximate surface area is 196 Å². The molecule has 2 aromatic carbocycles. The lowest BCUT2D eigenvalue weighted by Crippen LogP contribution is -2.48. The van der Waals surface area contributed by atoms with Crippen molar-refractivity contribution >= 4 is 17.5 Å². The second kappa shape index (κ2) is 11.4. The fourth-order valence-electron chi connectivity index (χ4n) is 5.00. The molecule has 1 aliphatic carbocycles. The molecule has 1 saturated carbocycles. The van der Waals surface area contributed by atoms with Crippen LogP contribution >= 0.6 is 0 Å². The fraction of sp³-hybridized carbons (Fsp3) is 0.481. The Morgan fingerprint density at radius 3 is 2.24 bits per heavy atom. The summed E-state index contributed by atoms with van der Waals surface area (Å²) in [7, 11) is 0. The maximum atomic E-state index is 13.4. The second-order valence-corrected chi connectivity index (χ2v) is 9.35. The number of carbonyl (C=O) groups is 2. The highest BCUT2D eigenvalue weighted by atomic mass is 19.1. The van der Waals surface area contributed by atoms with Gasteiger partial charge in [0, 0.05) is 24.2 Å². The SMILES string of the molecule is O=C(Nc1ccccc1)C1CCN(CC(=O)N(Cc2ccc(F)cc2)C2CCCCC2)CC1. The number of para-hydroxylation sites is 1. The van der Waals surface area contributed by atoms with Crippen LogP contribution in [0.2, 0.25) is 0 Å². The van der Waals surface area contributed by atoms with Gasteiger partial charge < -0.3 is 10.2 Å². The molecule has 2 amide bonds. The van der Waals surface area contributed by atoms with E-state index in [1.165, 1.54) is 18.6 Å². The number of nitrogens with one attached hydrogen (secondary N) is 1. The molecular weight excluding hydrogens is 417 g/mol. The number of carbonyl (C=O) groups excluding carboxylic acids is 2. The third-order valence-electron chi connectivity index (χ3n) is 6.96. The Hall–Kier alpha value is -2.73. The van der Waals surface area contributed by atoms with Gasteiger partial charge in [0.25, 0.3) is 0 Å². The molecule has 5 nitrogen and oxygen atoms in total. The van der Waals surface area contributed by atoms with Crippen LogP contribution in [0.5, 0.6) is 0 Å². The van der Waals surface area contributed by atoms with Gasteiger partial charge in [-0.25, -0.2) is 4.39 Å². The number of amides is 2. The third kappa shape index (κ3) is 6.64. The first-order chi connectivity index (χ1) is 16.1. The van der Waals surface area contributed by atoms with E-state index in [0.29, 0.717) is 13.1 Å². The van der Waals surface area contributed by atoms with Crippen molar-refractivity contribution in [3.05, 3.63) is 66.0 Å². The van der Waals surface area contributed by atoms with E-state index in [4.69, 9.17) is 0 Å². The summed E-state index contributed by atoms with van der Waals surface area (Å²) >= 11 is 0. The van der Waals surface area contributed by atoms with Crippen molar-refractivity contribution in [3.8, 4) is 0 Å². The van der Waals surface area contributed by atoms with E-state index in [1.807, 2.05) is 35.2 Å². The highest BCUT2D eigenvalue weighted by molar-refractivity contribution is 5.92. The van der Waals surface area contributed by atoms with Crippen LogP contribution in [0.15, 0.2) is 54.6 Å². The van der Waals surface area contributed by atoms with E-state index in [1.54, 1.807) is 12.1 Å². The molecular formula is C27H34FN3O2. The van der Waals surface area contributed by atoms with Crippen molar-refractivity contribution in [2.24, 2.45) is 5.92 Å². The number of halogens is 1. The lowest BCUT2D eigenvalue weighted by Gasteiger charge is -2.37. The summed E-state index contributed by atoms with van der Waals surface area (Å²) in [5.74, 6) is -0.0792. The lowest BCUT2D eigenvalue weighted by atomic mass is 9.93. The van der Waals surface area contributed by atoms with Crippen LogP contribution in [-0.4, -0.2) is 47.3 Å². The molecule has 2 aromatic rings. The van der Waals surface area contributed by atoms with Crippen LogP contribution in [0.1, 0.15) is 50.5 Å². The topological polar surface area (TPSA) is 52.7 Å². The number of nitrogens with zero attached hydrogens (tertiary/aromatic N) is 2. The Kier molecular flexibility index (Phi) is 8.10. The zero-order chi connectivity index (χ0) is 23.0. The van der Waals surface area contributed by atoms with Gasteiger partial charge in [-0.1, -0.05) is 49.6 Å². The van der Waals surface area contributed by atoms with Crippen molar-refractivity contribution in [1.82, 2.24) is 9.80 Å². The highest BCUT2D eigenvalue weighted by Crippen LogP contribution is 2.25. The van der Waals surface area contributed by atoms with Gasteiger partial charge in [-0.2, -0.15) is 0 Å². The molecule has 1 N–H and O–H groups in total. The molecule has 4 rings (SSSR count). The van der Waals surface area contributed by atoms with Gasteiger partial charge >= 0.3 is 0 Å². The number of likely N-dealkylation sites (tertiary alicyclic amines) is 1. The molecule has 1 heterocycles. The van der Waals surface area contributed by atoms with Gasteiger partial charge in [0.05, 0.1) is 6.54 Å². The van der Waals surface area contributed by atoms with E-state index in [0.717, 1.165) is 62.9 Å². The van der Waals surface area contributed by atoms with Crippen LogP contribution < -0.4 is 5.32 Å². The van der Waals surface area contributed by atoms with Crippen LogP contribution in [0, 0.1) is 11.7 Å². The summed E-state index contributed by atoms with van der Waals surface area (Å²) in [6.07, 6.45) is 7.12. The first-order valence-electron chi connectivity index (χ1n) is 12.2. The van der Waals surface area contributed by atoms with E-state index in [9.17, 15) is 14.0 Å². The van der Waals surface area contributed by atoms with E-state index >= 15 is 0 Å². The minimum absolute atomic E-state index is 0.0229. The Bertz CT molecular complexity index is 905. The molecule has 33 heavy (non-hydrogen) atoms. The maximum Gasteiger partial charge on any atom is 0.237 e. The average molecular weight is 452 g/mol. The average Bonchev–Trinajstić information content (AvgIpc) is 2.85. The summed E-state index contributed by atoms with van der Waals surface area (Å²) < 4.78 is 13.3. The van der Waals surface area contributed by atoms with Crippen molar-refractivity contribution in [3.63, 3.8) is 0 Å². The number of rotatable bonds is 7. The standard InChI is InChI=1S/C27H34FN3O2/c28-23-13-11-21(12-14-23)19-31(25-9-5-2-6-10-25)26(32)20-30-17-15-22(16-18-30)27(33)29-24-7-3-1-4-8-24/h1,3-4,7-8,11-14,22,25H,2,5-6,9-10,15-20H2,(H,29,33). The molecule has 1 aliphatic heterocycles. The van der Waals surface area contributed by atoms with Gasteiger partial charge in [0.2, 0.25) is 11.8 Å². The molecule has 0 atom stereocenters. The number of anilines is 1. The van der Waals surface area contributed by atoms with Crippen LogP contribution in [0.3, 0.4) is 0 Å². The quantitative estimate of drug-likeness (QED) is 0.656.